The predicted molar refractivity (Wildman–Crippen MR) is 71.4 cm³/mol. The smallest absolute Gasteiger partial charge is 0.287 e. The zero-order valence-electron chi connectivity index (χ0n) is 11.0. The summed E-state index contributed by atoms with van der Waals surface area (Å²) in [6.45, 7) is 2.54. The first kappa shape index (κ1) is 12.5. The fraction of sp³-hybridized carbons (Fsp3) is 0.417. The summed E-state index contributed by atoms with van der Waals surface area (Å²) in [5.74, 6) is 1.68. The minimum atomic E-state index is -0.438. The van der Waals surface area contributed by atoms with Crippen LogP contribution in [0, 0.1) is 17.0 Å². The van der Waals surface area contributed by atoms with Crippen LogP contribution in [-0.4, -0.2) is 30.7 Å². The van der Waals surface area contributed by atoms with Gasteiger partial charge in [0.05, 0.1) is 11.5 Å². The van der Waals surface area contributed by atoms with Crippen LogP contribution in [0.4, 0.5) is 11.5 Å². The van der Waals surface area contributed by atoms with Gasteiger partial charge in [0.15, 0.2) is 0 Å². The highest BCUT2D eigenvalue weighted by Gasteiger charge is 2.21. The van der Waals surface area contributed by atoms with Crippen molar-refractivity contribution in [2.45, 2.75) is 32.4 Å². The van der Waals surface area contributed by atoms with E-state index in [4.69, 9.17) is 0 Å². The summed E-state index contributed by atoms with van der Waals surface area (Å²) in [6.07, 6.45) is 4.65. The number of rotatable bonds is 3. The predicted octanol–water partition coefficient (Wildman–Crippen LogP) is 1.32. The third-order valence-corrected chi connectivity index (χ3v) is 3.42. The Morgan fingerprint density at radius 2 is 2.35 bits per heavy atom. The van der Waals surface area contributed by atoms with Gasteiger partial charge in [-0.15, -0.1) is 0 Å². The molecule has 0 saturated carbocycles. The van der Waals surface area contributed by atoms with Gasteiger partial charge in [-0.2, -0.15) is 5.10 Å². The maximum Gasteiger partial charge on any atom is 0.287 e. The van der Waals surface area contributed by atoms with Gasteiger partial charge in [0.2, 0.25) is 0 Å². The highest BCUT2D eigenvalue weighted by Crippen LogP contribution is 2.21. The van der Waals surface area contributed by atoms with Gasteiger partial charge in [-0.25, -0.2) is 14.6 Å². The molecule has 104 valence electrons. The van der Waals surface area contributed by atoms with E-state index in [1.54, 1.807) is 6.33 Å². The van der Waals surface area contributed by atoms with Crippen molar-refractivity contribution in [2.75, 3.05) is 5.32 Å². The van der Waals surface area contributed by atoms with Crippen LogP contribution in [-0.2, 0) is 13.0 Å². The zero-order valence-corrected chi connectivity index (χ0v) is 11.0. The lowest BCUT2D eigenvalue weighted by Gasteiger charge is -2.24. The Morgan fingerprint density at radius 1 is 1.50 bits per heavy atom. The lowest BCUT2D eigenvalue weighted by atomic mass is 10.1. The molecular weight excluding hydrogens is 260 g/mol. The molecule has 0 aliphatic carbocycles. The van der Waals surface area contributed by atoms with Crippen molar-refractivity contribution in [1.82, 2.24) is 19.7 Å². The van der Waals surface area contributed by atoms with E-state index in [0.29, 0.717) is 5.82 Å². The summed E-state index contributed by atoms with van der Waals surface area (Å²) in [7, 11) is 0. The second-order valence-electron chi connectivity index (χ2n) is 4.85. The average molecular weight is 274 g/mol. The molecule has 0 saturated heterocycles. The Labute approximate surface area is 115 Å². The van der Waals surface area contributed by atoms with Crippen LogP contribution >= 0.6 is 0 Å². The molecule has 20 heavy (non-hydrogen) atoms. The molecule has 0 aromatic carbocycles. The highest BCUT2D eigenvalue weighted by molar-refractivity contribution is 5.48. The summed E-state index contributed by atoms with van der Waals surface area (Å²) in [4.78, 5) is 18.6. The summed E-state index contributed by atoms with van der Waals surface area (Å²) in [6, 6.07) is 1.73. The number of nitrogens with one attached hydrogen (secondary N) is 1. The topological polar surface area (TPSA) is 98.8 Å². The van der Waals surface area contributed by atoms with E-state index in [0.717, 1.165) is 30.8 Å². The molecule has 8 nitrogen and oxygen atoms in total. The number of aryl methyl sites for hydroxylation is 2. The van der Waals surface area contributed by atoms with Crippen LogP contribution in [0.2, 0.25) is 0 Å². The van der Waals surface area contributed by atoms with E-state index in [-0.39, 0.29) is 11.7 Å². The quantitative estimate of drug-likeness (QED) is 0.669. The molecule has 3 rings (SSSR count). The molecule has 8 heteroatoms. The number of hydrogen-bond acceptors (Lipinski definition) is 6. The minimum absolute atomic E-state index is 0.00950. The number of nitro groups is 1. The van der Waals surface area contributed by atoms with E-state index >= 15 is 0 Å². The maximum absolute atomic E-state index is 10.7. The van der Waals surface area contributed by atoms with Gasteiger partial charge >= 0.3 is 0 Å². The van der Waals surface area contributed by atoms with Crippen molar-refractivity contribution in [1.29, 1.82) is 0 Å². The average Bonchev–Trinajstić information content (AvgIpc) is 2.88. The second kappa shape index (κ2) is 4.87. The number of anilines is 1. The summed E-state index contributed by atoms with van der Waals surface area (Å²) in [5.41, 5.74) is 0.777. The van der Waals surface area contributed by atoms with Crippen LogP contribution in [0.3, 0.4) is 0 Å². The van der Waals surface area contributed by atoms with Gasteiger partial charge in [0.1, 0.15) is 24.2 Å². The van der Waals surface area contributed by atoms with Crippen LogP contribution in [0.1, 0.15) is 17.8 Å². The third kappa shape index (κ3) is 2.31. The molecule has 1 aliphatic rings. The van der Waals surface area contributed by atoms with Crippen molar-refractivity contribution < 1.29 is 4.92 Å². The van der Waals surface area contributed by atoms with Crippen molar-refractivity contribution >= 4 is 11.5 Å². The first-order valence-electron chi connectivity index (χ1n) is 6.38. The standard InChI is InChI=1S/C12H14N6O2/c1-8-4-10(18(19)20)5-13-12(8)16-9-2-3-11-14-7-15-17(11)6-9/h4-5,7,9H,2-3,6H2,1H3,(H,13,16). The molecule has 1 atom stereocenters. The van der Waals surface area contributed by atoms with E-state index in [1.165, 1.54) is 12.3 Å². The molecule has 1 aliphatic heterocycles. The number of fused-ring (bicyclic) bond motifs is 1. The number of pyridine rings is 1. The third-order valence-electron chi connectivity index (χ3n) is 3.42. The number of aromatic nitrogens is 4. The molecule has 0 fully saturated rings. The Morgan fingerprint density at radius 3 is 3.10 bits per heavy atom. The van der Waals surface area contributed by atoms with Crippen LogP contribution in [0.5, 0.6) is 0 Å². The normalized spacial score (nSPS) is 17.6. The first-order valence-corrected chi connectivity index (χ1v) is 6.38. The monoisotopic (exact) mass is 274 g/mol. The SMILES string of the molecule is Cc1cc([N+](=O)[O-])cnc1NC1CCc2ncnn2C1. The molecule has 0 amide bonds. The molecule has 2 aromatic heterocycles. The minimum Gasteiger partial charge on any atom is -0.365 e. The van der Waals surface area contributed by atoms with E-state index in [1.807, 2.05) is 11.6 Å². The number of nitrogens with zero attached hydrogens (tertiary/aromatic N) is 5. The van der Waals surface area contributed by atoms with Crippen molar-refractivity contribution in [2.24, 2.45) is 0 Å². The maximum atomic E-state index is 10.7. The first-order chi connectivity index (χ1) is 9.63. The lowest BCUT2D eigenvalue weighted by Crippen LogP contribution is -2.32. The Hall–Kier alpha value is -2.51. The molecule has 3 heterocycles. The number of hydrogen-bond donors (Lipinski definition) is 1. The van der Waals surface area contributed by atoms with Gasteiger partial charge in [-0.05, 0) is 18.9 Å². The van der Waals surface area contributed by atoms with Crippen LogP contribution < -0.4 is 5.32 Å². The van der Waals surface area contributed by atoms with Crippen molar-refractivity contribution in [3.05, 3.63) is 40.1 Å². The molecule has 1 unspecified atom stereocenters. The Bertz CT molecular complexity index is 653. The molecule has 1 N–H and O–H groups in total. The molecule has 2 aromatic rings. The van der Waals surface area contributed by atoms with Crippen LogP contribution in [0.15, 0.2) is 18.6 Å². The van der Waals surface area contributed by atoms with Gasteiger partial charge < -0.3 is 5.32 Å². The summed E-state index contributed by atoms with van der Waals surface area (Å²) in [5, 5.41) is 18.2. The van der Waals surface area contributed by atoms with Crippen LogP contribution in [0.25, 0.3) is 0 Å². The largest absolute Gasteiger partial charge is 0.365 e. The molecule has 0 spiro atoms. The Kier molecular flexibility index (Phi) is 3.05. The fourth-order valence-electron chi connectivity index (χ4n) is 2.36. The van der Waals surface area contributed by atoms with Crippen molar-refractivity contribution in [3.63, 3.8) is 0 Å². The summed E-state index contributed by atoms with van der Waals surface area (Å²) >= 11 is 0. The van der Waals surface area contributed by atoms with E-state index in [2.05, 4.69) is 20.4 Å². The van der Waals surface area contributed by atoms with E-state index < -0.39 is 4.92 Å². The van der Waals surface area contributed by atoms with Crippen molar-refractivity contribution in [3.8, 4) is 0 Å². The molecular formula is C12H14N6O2. The van der Waals surface area contributed by atoms with Gasteiger partial charge in [-0.1, -0.05) is 0 Å². The van der Waals surface area contributed by atoms with Gasteiger partial charge in [0.25, 0.3) is 5.69 Å². The van der Waals surface area contributed by atoms with E-state index in [9.17, 15) is 10.1 Å². The summed E-state index contributed by atoms with van der Waals surface area (Å²) < 4.78 is 1.88. The second-order valence-corrected chi connectivity index (χ2v) is 4.85. The van der Waals surface area contributed by atoms with Gasteiger partial charge in [0, 0.05) is 18.5 Å². The Balaban J connectivity index is 1.74. The molecule has 0 bridgehead atoms. The fourth-order valence-corrected chi connectivity index (χ4v) is 2.36. The molecule has 0 radical (unpaired) electrons. The lowest BCUT2D eigenvalue weighted by molar-refractivity contribution is -0.385. The van der Waals surface area contributed by atoms with Gasteiger partial charge in [-0.3, -0.25) is 10.1 Å². The zero-order chi connectivity index (χ0) is 14.1. The highest BCUT2D eigenvalue weighted by atomic mass is 16.6.